The number of cyclic esters (lactones) is 1. The average Bonchev–Trinajstić information content (AvgIpc) is 3.58. The molecule has 9 heteroatoms. The molecule has 1 atom stereocenters. The molecule has 0 fully saturated rings. The van der Waals surface area contributed by atoms with E-state index < -0.39 is 0 Å². The van der Waals surface area contributed by atoms with Gasteiger partial charge in [0.15, 0.2) is 0 Å². The van der Waals surface area contributed by atoms with Crippen LogP contribution >= 0.6 is 11.3 Å². The molecule has 0 N–H and O–H groups in total. The molecule has 0 radical (unpaired) electrons. The summed E-state index contributed by atoms with van der Waals surface area (Å²) in [6.45, 7) is 0.842. The molecule has 0 saturated carbocycles. The second-order valence-electron chi connectivity index (χ2n) is 8.08. The number of hydrogen-bond donors (Lipinski definition) is 0. The highest BCUT2D eigenvalue weighted by molar-refractivity contribution is 7.13. The predicted molar refractivity (Wildman–Crippen MR) is 129 cm³/mol. The van der Waals surface area contributed by atoms with Crippen molar-refractivity contribution in [3.63, 3.8) is 0 Å². The molecular formula is C26H23N3O5S. The van der Waals surface area contributed by atoms with Crippen molar-refractivity contribution in [2.24, 2.45) is 0 Å². The van der Waals surface area contributed by atoms with Gasteiger partial charge in [0, 0.05) is 25.6 Å². The van der Waals surface area contributed by atoms with Crippen molar-refractivity contribution < 1.29 is 23.5 Å². The Kier molecular flexibility index (Phi) is 6.69. The maximum atomic E-state index is 13.5. The first-order valence-electron chi connectivity index (χ1n) is 11.2. The normalized spacial score (nSPS) is 14.9. The first-order chi connectivity index (χ1) is 17.1. The van der Waals surface area contributed by atoms with Gasteiger partial charge in [0.1, 0.15) is 6.10 Å². The van der Waals surface area contributed by atoms with Gasteiger partial charge in [0.05, 0.1) is 23.6 Å². The van der Waals surface area contributed by atoms with Crippen LogP contribution in [0.2, 0.25) is 0 Å². The number of fused-ring (bicyclic) bond motifs is 1. The van der Waals surface area contributed by atoms with E-state index in [1.54, 1.807) is 30.2 Å². The first-order valence-corrected chi connectivity index (χ1v) is 12.0. The van der Waals surface area contributed by atoms with Crippen LogP contribution in [0.4, 0.5) is 0 Å². The number of carbonyl (C=O) groups is 2. The Balaban J connectivity index is 1.37. The Morgan fingerprint density at radius 1 is 1.14 bits per heavy atom. The highest BCUT2D eigenvalue weighted by Crippen LogP contribution is 2.31. The van der Waals surface area contributed by atoms with Gasteiger partial charge in [-0.15, -0.1) is 21.5 Å². The molecule has 4 aromatic rings. The monoisotopic (exact) mass is 489 g/mol. The summed E-state index contributed by atoms with van der Waals surface area (Å²) in [4.78, 5) is 28.6. The van der Waals surface area contributed by atoms with E-state index in [1.807, 2.05) is 47.8 Å². The Bertz CT molecular complexity index is 1320. The molecule has 0 aliphatic carbocycles. The van der Waals surface area contributed by atoms with E-state index in [0.29, 0.717) is 42.5 Å². The van der Waals surface area contributed by atoms with E-state index in [-0.39, 0.29) is 24.5 Å². The van der Waals surface area contributed by atoms with Gasteiger partial charge in [-0.25, -0.2) is 4.79 Å². The second-order valence-corrected chi connectivity index (χ2v) is 9.03. The third-order valence-electron chi connectivity index (χ3n) is 5.78. The van der Waals surface area contributed by atoms with Gasteiger partial charge in [0.2, 0.25) is 5.89 Å². The lowest BCUT2D eigenvalue weighted by Crippen LogP contribution is -2.34. The van der Waals surface area contributed by atoms with Crippen LogP contribution in [0.5, 0.6) is 0 Å². The fourth-order valence-electron chi connectivity index (χ4n) is 4.00. The zero-order chi connectivity index (χ0) is 24.2. The van der Waals surface area contributed by atoms with Gasteiger partial charge in [-0.3, -0.25) is 4.79 Å². The fourth-order valence-corrected chi connectivity index (χ4v) is 4.64. The van der Waals surface area contributed by atoms with Gasteiger partial charge in [-0.1, -0.05) is 36.4 Å². The number of amides is 1. The summed E-state index contributed by atoms with van der Waals surface area (Å²) in [5.41, 5.74) is 2.65. The summed E-state index contributed by atoms with van der Waals surface area (Å²) in [5.74, 6) is 0.162. The van der Waals surface area contributed by atoms with E-state index in [0.717, 1.165) is 16.0 Å². The molecule has 178 valence electrons. The number of benzene rings is 2. The molecule has 8 nitrogen and oxygen atoms in total. The van der Waals surface area contributed by atoms with Gasteiger partial charge in [-0.2, -0.15) is 0 Å². The Morgan fingerprint density at radius 3 is 2.77 bits per heavy atom. The lowest BCUT2D eigenvalue weighted by atomic mass is 9.93. The Labute approximate surface area is 206 Å². The highest BCUT2D eigenvalue weighted by atomic mass is 32.1. The topological polar surface area (TPSA) is 94.8 Å². The van der Waals surface area contributed by atoms with Crippen LogP contribution < -0.4 is 0 Å². The van der Waals surface area contributed by atoms with Crippen LogP contribution in [0, 0.1) is 0 Å². The quantitative estimate of drug-likeness (QED) is 0.335. The highest BCUT2D eigenvalue weighted by Gasteiger charge is 2.29. The van der Waals surface area contributed by atoms with E-state index >= 15 is 0 Å². The van der Waals surface area contributed by atoms with E-state index in [1.165, 1.54) is 11.3 Å². The number of thiophene rings is 1. The summed E-state index contributed by atoms with van der Waals surface area (Å²) in [6.07, 6.45) is 0.109. The van der Waals surface area contributed by atoms with Crippen molar-refractivity contribution >= 4 is 23.2 Å². The number of methoxy groups -OCH3 is 1. The van der Waals surface area contributed by atoms with Crippen molar-refractivity contribution in [1.29, 1.82) is 0 Å². The molecule has 2 aromatic carbocycles. The fraction of sp³-hybridized carbons (Fsp3) is 0.231. The molecule has 35 heavy (non-hydrogen) atoms. The standard InChI is InChI=1S/C26H23N3O5S/c1-32-12-11-29(16-23-27-28-24(34-23)22-8-5-13-35-22)25(30)18-9-10-20-19(14-18)15-21(33-26(20)31)17-6-3-2-4-7-17/h2-10,13-14,21H,11-12,15-16H2,1H3. The molecule has 2 aromatic heterocycles. The molecule has 1 aliphatic heterocycles. The Morgan fingerprint density at radius 2 is 2.00 bits per heavy atom. The van der Waals surface area contributed by atoms with E-state index in [2.05, 4.69) is 10.2 Å². The summed E-state index contributed by atoms with van der Waals surface area (Å²) in [7, 11) is 1.58. The van der Waals surface area contributed by atoms with Gasteiger partial charge >= 0.3 is 5.97 Å². The maximum Gasteiger partial charge on any atom is 0.339 e. The van der Waals surface area contributed by atoms with Crippen LogP contribution in [0.1, 0.15) is 43.8 Å². The number of esters is 1. The minimum atomic E-state index is -0.389. The molecule has 0 spiro atoms. The summed E-state index contributed by atoms with van der Waals surface area (Å²) >= 11 is 1.50. The van der Waals surface area contributed by atoms with Crippen molar-refractivity contribution in [2.45, 2.75) is 19.1 Å². The molecule has 1 amide bonds. The number of rotatable bonds is 8. The van der Waals surface area contributed by atoms with E-state index in [4.69, 9.17) is 13.9 Å². The Hall–Kier alpha value is -3.82. The summed E-state index contributed by atoms with van der Waals surface area (Å²) in [6, 6.07) is 18.5. The smallest absolute Gasteiger partial charge is 0.339 e. The summed E-state index contributed by atoms with van der Waals surface area (Å²) < 4.78 is 16.6. The largest absolute Gasteiger partial charge is 0.454 e. The number of ether oxygens (including phenoxy) is 2. The van der Waals surface area contributed by atoms with E-state index in [9.17, 15) is 9.59 Å². The number of nitrogens with zero attached hydrogens (tertiary/aromatic N) is 3. The van der Waals surface area contributed by atoms with Crippen LogP contribution in [-0.2, 0) is 22.4 Å². The third-order valence-corrected chi connectivity index (χ3v) is 6.63. The average molecular weight is 490 g/mol. The van der Waals surface area contributed by atoms with Crippen molar-refractivity contribution in [2.75, 3.05) is 20.3 Å². The lowest BCUT2D eigenvalue weighted by Gasteiger charge is -2.26. The number of hydrogen-bond acceptors (Lipinski definition) is 8. The molecule has 3 heterocycles. The minimum Gasteiger partial charge on any atom is -0.454 e. The molecule has 0 bridgehead atoms. The minimum absolute atomic E-state index is 0.145. The molecule has 1 aliphatic rings. The predicted octanol–water partition coefficient (Wildman–Crippen LogP) is 4.54. The van der Waals surface area contributed by atoms with Crippen LogP contribution in [0.15, 0.2) is 70.5 Å². The molecular weight excluding hydrogens is 466 g/mol. The van der Waals surface area contributed by atoms with Gasteiger partial charge in [0.25, 0.3) is 11.8 Å². The van der Waals surface area contributed by atoms with Gasteiger partial charge in [-0.05, 0) is 40.8 Å². The van der Waals surface area contributed by atoms with Crippen molar-refractivity contribution in [3.8, 4) is 10.8 Å². The second kappa shape index (κ2) is 10.2. The summed E-state index contributed by atoms with van der Waals surface area (Å²) in [5, 5.41) is 10.1. The molecule has 1 unspecified atom stereocenters. The van der Waals surface area contributed by atoms with Crippen molar-refractivity contribution in [3.05, 3.63) is 94.2 Å². The molecule has 5 rings (SSSR count). The van der Waals surface area contributed by atoms with Gasteiger partial charge < -0.3 is 18.8 Å². The third kappa shape index (κ3) is 5.01. The number of carbonyl (C=O) groups excluding carboxylic acids is 2. The SMILES string of the molecule is COCCN(Cc1nnc(-c2cccs2)o1)C(=O)c1ccc2c(c1)CC(c1ccccc1)OC2=O. The zero-order valence-electron chi connectivity index (χ0n) is 19.0. The maximum absolute atomic E-state index is 13.5. The lowest BCUT2D eigenvalue weighted by molar-refractivity contribution is 0.0252. The van der Waals surface area contributed by atoms with Crippen LogP contribution in [0.3, 0.4) is 0 Å². The zero-order valence-corrected chi connectivity index (χ0v) is 19.9. The first kappa shape index (κ1) is 22.9. The molecule has 0 saturated heterocycles. The van der Waals surface area contributed by atoms with Crippen LogP contribution in [-0.4, -0.2) is 47.2 Å². The van der Waals surface area contributed by atoms with Crippen molar-refractivity contribution in [1.82, 2.24) is 15.1 Å². The number of aromatic nitrogens is 2. The van der Waals surface area contributed by atoms with Crippen LogP contribution in [0.25, 0.3) is 10.8 Å².